The van der Waals surface area contributed by atoms with Crippen LogP contribution < -0.4 is 0 Å². The van der Waals surface area contributed by atoms with E-state index in [9.17, 15) is 0 Å². The van der Waals surface area contributed by atoms with Crippen molar-refractivity contribution in [3.63, 3.8) is 0 Å². The molecule has 0 bridgehead atoms. The van der Waals surface area contributed by atoms with E-state index in [0.29, 0.717) is 5.92 Å². The van der Waals surface area contributed by atoms with Gasteiger partial charge in [0, 0.05) is 53.1 Å². The Morgan fingerprint density at radius 3 is 1.91 bits per heavy atom. The van der Waals surface area contributed by atoms with Crippen LogP contribution in [0.4, 0.5) is 0 Å². The van der Waals surface area contributed by atoms with E-state index in [1.807, 2.05) is 11.3 Å². The summed E-state index contributed by atoms with van der Waals surface area (Å²) in [4.78, 5) is 0. The zero-order valence-electron chi connectivity index (χ0n) is 31.5. The molecule has 0 fully saturated rings. The molecular weight excluding hydrogens is 697 g/mol. The monoisotopic (exact) mass is 736 g/mol. The third-order valence-electron chi connectivity index (χ3n) is 12.1. The van der Waals surface area contributed by atoms with Crippen LogP contribution in [0.15, 0.2) is 176 Å². The molecule has 0 spiro atoms. The standard InChI is InChI=1S/C53H40N2S/c1-3-35(31-37-16-8-10-20-41(37)40-19-9-7-15-34(40)2)36-25-29-50-46(32-36)52-51(56-50)30-27-44-45-33-39(26-28-49(45)55(53(44)52)38-17-5-4-6-18-38)54-47-23-13-11-21-42(47)43-22-12-14-24-48(43)54/h4-30,32-33,35H,3,31H2,1-2H3. The van der Waals surface area contributed by atoms with Gasteiger partial charge in [0.15, 0.2) is 0 Å². The fraction of sp³-hybridized carbons (Fsp3) is 0.0943. The second-order valence-corrected chi connectivity index (χ2v) is 16.3. The van der Waals surface area contributed by atoms with Gasteiger partial charge in [-0.1, -0.05) is 122 Å². The minimum Gasteiger partial charge on any atom is -0.309 e. The lowest BCUT2D eigenvalue weighted by Gasteiger charge is -2.19. The van der Waals surface area contributed by atoms with E-state index < -0.39 is 0 Å². The lowest BCUT2D eigenvalue weighted by Crippen LogP contribution is -2.03. The largest absolute Gasteiger partial charge is 0.309 e. The lowest BCUT2D eigenvalue weighted by atomic mass is 9.85. The Hall–Kier alpha value is -6.42. The van der Waals surface area contributed by atoms with Gasteiger partial charge in [0.25, 0.3) is 0 Å². The predicted octanol–water partition coefficient (Wildman–Crippen LogP) is 15.0. The highest BCUT2D eigenvalue weighted by atomic mass is 32.1. The number of thiophene rings is 1. The predicted molar refractivity (Wildman–Crippen MR) is 241 cm³/mol. The third-order valence-corrected chi connectivity index (χ3v) is 13.2. The van der Waals surface area contributed by atoms with Crippen LogP contribution >= 0.6 is 11.3 Å². The highest BCUT2D eigenvalue weighted by Crippen LogP contribution is 2.45. The van der Waals surface area contributed by atoms with Crippen molar-refractivity contribution in [1.82, 2.24) is 9.13 Å². The number of rotatable bonds is 7. The van der Waals surface area contributed by atoms with Gasteiger partial charge >= 0.3 is 0 Å². The number of nitrogens with zero attached hydrogens (tertiary/aromatic N) is 2. The van der Waals surface area contributed by atoms with Crippen molar-refractivity contribution in [3.05, 3.63) is 193 Å². The Labute approximate surface area is 330 Å². The van der Waals surface area contributed by atoms with Crippen LogP contribution in [0.1, 0.15) is 36.0 Å². The first-order valence-corrected chi connectivity index (χ1v) is 20.6. The van der Waals surface area contributed by atoms with Crippen molar-refractivity contribution < 1.29 is 0 Å². The van der Waals surface area contributed by atoms with Gasteiger partial charge in [0.2, 0.25) is 0 Å². The van der Waals surface area contributed by atoms with Crippen molar-refractivity contribution in [2.24, 2.45) is 0 Å². The number of aromatic nitrogens is 2. The van der Waals surface area contributed by atoms with Crippen molar-refractivity contribution in [2.45, 2.75) is 32.6 Å². The number of fused-ring (bicyclic) bond motifs is 10. The van der Waals surface area contributed by atoms with E-state index >= 15 is 0 Å². The summed E-state index contributed by atoms with van der Waals surface area (Å²) in [5.74, 6) is 0.396. The van der Waals surface area contributed by atoms with E-state index in [4.69, 9.17) is 0 Å². The molecule has 11 aromatic rings. The van der Waals surface area contributed by atoms with Gasteiger partial charge in [-0.3, -0.25) is 0 Å². The second kappa shape index (κ2) is 13.1. The fourth-order valence-corrected chi connectivity index (χ4v) is 10.5. The van der Waals surface area contributed by atoms with Gasteiger partial charge < -0.3 is 9.13 Å². The molecule has 8 aromatic carbocycles. The van der Waals surface area contributed by atoms with Crippen LogP contribution in [0, 0.1) is 6.92 Å². The minimum atomic E-state index is 0.396. The fourth-order valence-electron chi connectivity index (χ4n) is 9.41. The number of aryl methyl sites for hydroxylation is 1. The average molecular weight is 737 g/mol. The third kappa shape index (κ3) is 5.08. The van der Waals surface area contributed by atoms with Crippen molar-refractivity contribution in [1.29, 1.82) is 0 Å². The number of hydrogen-bond donors (Lipinski definition) is 0. The average Bonchev–Trinajstić information content (AvgIpc) is 3.90. The normalized spacial score (nSPS) is 12.5. The summed E-state index contributed by atoms with van der Waals surface area (Å²) in [6.07, 6.45) is 2.07. The Morgan fingerprint density at radius 1 is 0.482 bits per heavy atom. The van der Waals surface area contributed by atoms with E-state index in [1.165, 1.54) is 103 Å². The van der Waals surface area contributed by atoms with Crippen LogP contribution in [0.25, 0.3) is 86.3 Å². The van der Waals surface area contributed by atoms with Gasteiger partial charge in [-0.2, -0.15) is 0 Å². The van der Waals surface area contributed by atoms with Crippen LogP contribution in [-0.2, 0) is 6.42 Å². The van der Waals surface area contributed by atoms with Crippen LogP contribution in [0.5, 0.6) is 0 Å². The molecule has 268 valence electrons. The molecule has 2 nitrogen and oxygen atoms in total. The summed E-state index contributed by atoms with van der Waals surface area (Å²) in [7, 11) is 0. The first-order valence-electron chi connectivity index (χ1n) is 19.8. The highest BCUT2D eigenvalue weighted by molar-refractivity contribution is 7.26. The minimum absolute atomic E-state index is 0.396. The Kier molecular flexibility index (Phi) is 7.72. The molecule has 3 aromatic heterocycles. The molecule has 3 heteroatoms. The van der Waals surface area contributed by atoms with E-state index in [0.717, 1.165) is 12.8 Å². The summed E-state index contributed by atoms with van der Waals surface area (Å²) >= 11 is 1.91. The topological polar surface area (TPSA) is 9.86 Å². The van der Waals surface area contributed by atoms with Gasteiger partial charge in [-0.05, 0) is 114 Å². The molecule has 0 aliphatic rings. The number of para-hydroxylation sites is 3. The Bertz CT molecular complexity index is 3230. The SMILES string of the molecule is CCC(Cc1ccccc1-c1ccccc1C)c1ccc2sc3ccc4c5cc(-n6c7ccccc7c7ccccc76)ccc5n(-c5ccccc5)c4c3c2c1. The molecule has 0 aliphatic carbocycles. The van der Waals surface area contributed by atoms with Gasteiger partial charge in [0.05, 0.1) is 22.1 Å². The first kappa shape index (κ1) is 33.0. The van der Waals surface area contributed by atoms with E-state index in [2.05, 4.69) is 199 Å². The Balaban J connectivity index is 1.13. The zero-order valence-corrected chi connectivity index (χ0v) is 32.4. The molecule has 1 atom stereocenters. The smallest absolute Gasteiger partial charge is 0.0634 e. The molecule has 3 heterocycles. The van der Waals surface area contributed by atoms with Gasteiger partial charge in [0.1, 0.15) is 0 Å². The van der Waals surface area contributed by atoms with Crippen LogP contribution in [0.2, 0.25) is 0 Å². The van der Waals surface area contributed by atoms with Gasteiger partial charge in [-0.25, -0.2) is 0 Å². The maximum atomic E-state index is 2.52. The summed E-state index contributed by atoms with van der Waals surface area (Å²) in [6, 6.07) is 65.4. The molecule has 1 unspecified atom stereocenters. The summed E-state index contributed by atoms with van der Waals surface area (Å²) in [5, 5.41) is 7.80. The van der Waals surface area contributed by atoms with Crippen LogP contribution in [0.3, 0.4) is 0 Å². The molecule has 0 saturated carbocycles. The van der Waals surface area contributed by atoms with Crippen LogP contribution in [-0.4, -0.2) is 9.13 Å². The number of hydrogen-bond acceptors (Lipinski definition) is 1. The van der Waals surface area contributed by atoms with Crippen molar-refractivity contribution in [2.75, 3.05) is 0 Å². The van der Waals surface area contributed by atoms with Gasteiger partial charge in [-0.15, -0.1) is 11.3 Å². The second-order valence-electron chi connectivity index (χ2n) is 15.2. The molecule has 11 rings (SSSR count). The quantitative estimate of drug-likeness (QED) is 0.154. The van der Waals surface area contributed by atoms with E-state index in [-0.39, 0.29) is 0 Å². The molecule has 0 amide bonds. The summed E-state index contributed by atoms with van der Waals surface area (Å²) in [6.45, 7) is 4.57. The summed E-state index contributed by atoms with van der Waals surface area (Å²) in [5.41, 5.74) is 14.1. The Morgan fingerprint density at radius 2 is 1.14 bits per heavy atom. The molecule has 0 radical (unpaired) electrons. The maximum Gasteiger partial charge on any atom is 0.0634 e. The maximum absolute atomic E-state index is 2.52. The molecular formula is C53H40N2S. The molecule has 56 heavy (non-hydrogen) atoms. The molecule has 0 N–H and O–H groups in total. The summed E-state index contributed by atoms with van der Waals surface area (Å²) < 4.78 is 7.60. The zero-order chi connectivity index (χ0) is 37.3. The van der Waals surface area contributed by atoms with Crippen molar-refractivity contribution in [3.8, 4) is 22.5 Å². The lowest BCUT2D eigenvalue weighted by molar-refractivity contribution is 0.662. The van der Waals surface area contributed by atoms with Crippen molar-refractivity contribution >= 4 is 75.1 Å². The van der Waals surface area contributed by atoms with E-state index in [1.54, 1.807) is 0 Å². The number of benzene rings is 8. The first-order chi connectivity index (χ1) is 27.7. The molecule has 0 aliphatic heterocycles. The highest BCUT2D eigenvalue weighted by Gasteiger charge is 2.22. The molecule has 0 saturated heterocycles.